The first kappa shape index (κ1) is 16.3. The van der Waals surface area contributed by atoms with E-state index < -0.39 is 6.10 Å². The largest absolute Gasteiger partial charge is 0.383 e. The van der Waals surface area contributed by atoms with E-state index in [0.29, 0.717) is 17.4 Å². The summed E-state index contributed by atoms with van der Waals surface area (Å²) in [6.45, 7) is 0.342. The van der Waals surface area contributed by atoms with Gasteiger partial charge in [-0.25, -0.2) is 4.98 Å². The van der Waals surface area contributed by atoms with Crippen molar-refractivity contribution in [3.8, 4) is 0 Å². The fraction of sp³-hybridized carbons (Fsp3) is 0.529. The molecule has 0 unspecified atom stereocenters. The minimum Gasteiger partial charge on any atom is -0.383 e. The van der Waals surface area contributed by atoms with Crippen LogP contribution in [0.5, 0.6) is 0 Å². The molecule has 1 aliphatic rings. The number of aromatic nitrogens is 2. The summed E-state index contributed by atoms with van der Waals surface area (Å²) in [5.41, 5.74) is 1.67. The van der Waals surface area contributed by atoms with Crippen molar-refractivity contribution in [2.75, 3.05) is 7.05 Å². The number of hydrogen-bond acceptors (Lipinski definition) is 3. The molecule has 1 fully saturated rings. The summed E-state index contributed by atoms with van der Waals surface area (Å²) in [6.07, 6.45) is 4.37. The van der Waals surface area contributed by atoms with Crippen LogP contribution in [-0.2, 0) is 11.3 Å². The molecule has 1 aromatic heterocycles. The molecule has 124 valence electrons. The van der Waals surface area contributed by atoms with Gasteiger partial charge in [-0.2, -0.15) is 0 Å². The zero-order chi connectivity index (χ0) is 16.4. The maximum atomic E-state index is 12.4. The number of halogens is 1. The van der Waals surface area contributed by atoms with Gasteiger partial charge in [-0.3, -0.25) is 4.79 Å². The highest BCUT2D eigenvalue weighted by Gasteiger charge is 2.29. The van der Waals surface area contributed by atoms with Crippen molar-refractivity contribution in [3.05, 3.63) is 29.0 Å². The number of hydrogen-bond donors (Lipinski definition) is 2. The molecule has 0 spiro atoms. The lowest BCUT2D eigenvalue weighted by Gasteiger charge is -2.28. The molecular formula is C17H22ClN3O2. The molecule has 2 aromatic rings. The Morgan fingerprint density at radius 2 is 2.17 bits per heavy atom. The fourth-order valence-electron chi connectivity index (χ4n) is 3.29. The van der Waals surface area contributed by atoms with Gasteiger partial charge in [-0.05, 0) is 37.0 Å². The van der Waals surface area contributed by atoms with E-state index in [1.54, 1.807) is 18.0 Å². The van der Waals surface area contributed by atoms with Gasteiger partial charge in [0.25, 0.3) is 5.91 Å². The number of H-pyrrole nitrogens is 1. The van der Waals surface area contributed by atoms with Crippen LogP contribution >= 0.6 is 11.6 Å². The van der Waals surface area contributed by atoms with Gasteiger partial charge in [0.15, 0.2) is 0 Å². The lowest BCUT2D eigenvalue weighted by molar-refractivity contribution is -0.143. The van der Waals surface area contributed by atoms with E-state index in [4.69, 9.17) is 11.6 Å². The van der Waals surface area contributed by atoms with E-state index in [1.165, 1.54) is 6.42 Å². The second kappa shape index (κ2) is 6.89. The molecular weight excluding hydrogens is 314 g/mol. The summed E-state index contributed by atoms with van der Waals surface area (Å²) in [5.74, 6) is 0.553. The fourth-order valence-corrected chi connectivity index (χ4v) is 3.46. The number of imidazole rings is 1. The number of aliphatic hydroxyl groups is 1. The van der Waals surface area contributed by atoms with Crippen molar-refractivity contribution in [3.63, 3.8) is 0 Å². The van der Waals surface area contributed by atoms with Crippen LogP contribution in [0.25, 0.3) is 11.0 Å². The van der Waals surface area contributed by atoms with Crippen LogP contribution in [0.15, 0.2) is 18.2 Å². The summed E-state index contributed by atoms with van der Waals surface area (Å²) in [6, 6.07) is 5.44. The van der Waals surface area contributed by atoms with Crippen molar-refractivity contribution in [2.45, 2.75) is 44.8 Å². The average Bonchev–Trinajstić information content (AvgIpc) is 2.95. The standard InChI is InChI=1S/C17H22ClN3O2/c1-21(17(23)16(22)11-5-3-2-4-6-11)10-15-19-13-8-7-12(18)9-14(13)20-15/h7-9,11,16,22H,2-6,10H2,1H3,(H,19,20)/t16-/m1/s1. The molecule has 0 bridgehead atoms. The first-order valence-electron chi connectivity index (χ1n) is 8.12. The van der Waals surface area contributed by atoms with E-state index in [2.05, 4.69) is 9.97 Å². The number of carbonyl (C=O) groups is 1. The number of benzene rings is 1. The van der Waals surface area contributed by atoms with E-state index in [9.17, 15) is 9.90 Å². The van der Waals surface area contributed by atoms with Gasteiger partial charge in [-0.1, -0.05) is 30.9 Å². The predicted octanol–water partition coefficient (Wildman–Crippen LogP) is 3.12. The molecule has 23 heavy (non-hydrogen) atoms. The molecule has 1 atom stereocenters. The smallest absolute Gasteiger partial charge is 0.251 e. The zero-order valence-electron chi connectivity index (χ0n) is 13.3. The number of aliphatic hydroxyl groups excluding tert-OH is 1. The van der Waals surface area contributed by atoms with E-state index in [0.717, 1.165) is 36.7 Å². The molecule has 2 N–H and O–H groups in total. The quantitative estimate of drug-likeness (QED) is 0.902. The second-order valence-electron chi connectivity index (χ2n) is 6.38. The Hall–Kier alpha value is -1.59. The van der Waals surface area contributed by atoms with E-state index in [1.807, 2.05) is 12.1 Å². The molecule has 1 aromatic carbocycles. The van der Waals surface area contributed by atoms with E-state index in [-0.39, 0.29) is 11.8 Å². The Bertz CT molecular complexity index is 694. The van der Waals surface area contributed by atoms with E-state index >= 15 is 0 Å². The van der Waals surface area contributed by atoms with Crippen LogP contribution in [0.3, 0.4) is 0 Å². The number of likely N-dealkylation sites (N-methyl/N-ethyl adjacent to an activating group) is 1. The highest BCUT2D eigenvalue weighted by Crippen LogP contribution is 2.27. The summed E-state index contributed by atoms with van der Waals surface area (Å²) in [5, 5.41) is 11.0. The number of aromatic amines is 1. The van der Waals surface area contributed by atoms with Gasteiger partial charge in [0, 0.05) is 12.1 Å². The third-order valence-electron chi connectivity index (χ3n) is 4.61. The number of nitrogens with one attached hydrogen (secondary N) is 1. The Balaban J connectivity index is 1.66. The number of carbonyl (C=O) groups excluding carboxylic acids is 1. The van der Waals surface area contributed by atoms with Crippen molar-refractivity contribution in [1.29, 1.82) is 0 Å². The van der Waals surface area contributed by atoms with Crippen LogP contribution in [0.4, 0.5) is 0 Å². The molecule has 0 saturated heterocycles. The maximum Gasteiger partial charge on any atom is 0.251 e. The average molecular weight is 336 g/mol. The molecule has 1 heterocycles. The molecule has 5 nitrogen and oxygen atoms in total. The summed E-state index contributed by atoms with van der Waals surface area (Å²) in [7, 11) is 1.70. The maximum absolute atomic E-state index is 12.4. The minimum absolute atomic E-state index is 0.0909. The molecule has 0 aliphatic heterocycles. The van der Waals surface area contributed by atoms with Gasteiger partial charge >= 0.3 is 0 Å². The lowest BCUT2D eigenvalue weighted by atomic mass is 9.85. The molecule has 1 aliphatic carbocycles. The summed E-state index contributed by atoms with van der Waals surface area (Å²) >= 11 is 5.97. The van der Waals surface area contributed by atoms with Gasteiger partial charge in [-0.15, -0.1) is 0 Å². The Morgan fingerprint density at radius 1 is 1.43 bits per heavy atom. The van der Waals surface area contributed by atoms with Gasteiger partial charge in [0.05, 0.1) is 17.6 Å². The minimum atomic E-state index is -0.904. The van der Waals surface area contributed by atoms with Crippen molar-refractivity contribution < 1.29 is 9.90 Å². The van der Waals surface area contributed by atoms with Crippen LogP contribution < -0.4 is 0 Å². The number of amides is 1. The van der Waals surface area contributed by atoms with Crippen molar-refractivity contribution in [1.82, 2.24) is 14.9 Å². The van der Waals surface area contributed by atoms with Gasteiger partial charge in [0.1, 0.15) is 11.9 Å². The second-order valence-corrected chi connectivity index (χ2v) is 6.82. The van der Waals surface area contributed by atoms with Crippen LogP contribution in [0, 0.1) is 5.92 Å². The lowest BCUT2D eigenvalue weighted by Crippen LogP contribution is -2.41. The molecule has 0 radical (unpaired) electrons. The monoisotopic (exact) mass is 335 g/mol. The number of nitrogens with zero attached hydrogens (tertiary/aromatic N) is 2. The molecule has 3 rings (SSSR count). The molecule has 1 amide bonds. The highest BCUT2D eigenvalue weighted by atomic mass is 35.5. The van der Waals surface area contributed by atoms with Crippen LogP contribution in [0.2, 0.25) is 5.02 Å². The Kier molecular flexibility index (Phi) is 4.87. The topological polar surface area (TPSA) is 69.2 Å². The zero-order valence-corrected chi connectivity index (χ0v) is 14.0. The third-order valence-corrected chi connectivity index (χ3v) is 4.84. The summed E-state index contributed by atoms with van der Waals surface area (Å²) < 4.78 is 0. The highest BCUT2D eigenvalue weighted by molar-refractivity contribution is 6.31. The first-order valence-corrected chi connectivity index (χ1v) is 8.49. The third kappa shape index (κ3) is 3.67. The number of rotatable bonds is 4. The molecule has 6 heteroatoms. The Labute approximate surface area is 140 Å². The Morgan fingerprint density at radius 3 is 2.91 bits per heavy atom. The first-order chi connectivity index (χ1) is 11.0. The SMILES string of the molecule is CN(Cc1nc2ccc(Cl)cc2[nH]1)C(=O)[C@H](O)C1CCCCC1. The molecule has 1 saturated carbocycles. The van der Waals surface area contributed by atoms with Crippen molar-refractivity contribution in [2.24, 2.45) is 5.92 Å². The predicted molar refractivity (Wildman–Crippen MR) is 90.2 cm³/mol. The van der Waals surface area contributed by atoms with Gasteiger partial charge < -0.3 is 15.0 Å². The number of fused-ring (bicyclic) bond motifs is 1. The van der Waals surface area contributed by atoms with Crippen LogP contribution in [0.1, 0.15) is 37.9 Å². The van der Waals surface area contributed by atoms with Crippen molar-refractivity contribution >= 4 is 28.5 Å². The van der Waals surface area contributed by atoms with Gasteiger partial charge in [0.2, 0.25) is 0 Å². The normalized spacial score (nSPS) is 17.3. The van der Waals surface area contributed by atoms with Crippen LogP contribution in [-0.4, -0.2) is 39.0 Å². The summed E-state index contributed by atoms with van der Waals surface area (Å²) in [4.78, 5) is 21.6.